The molecule has 0 aliphatic heterocycles. The maximum Gasteiger partial charge on any atom is 0.100 e. The van der Waals surface area contributed by atoms with Gasteiger partial charge in [0.1, 0.15) is 5.76 Å². The maximum absolute atomic E-state index is 4.93. The van der Waals surface area contributed by atoms with Crippen molar-refractivity contribution >= 4 is 0 Å². The molecule has 0 bridgehead atoms. The Bertz CT molecular complexity index is 164. The predicted octanol–water partition coefficient (Wildman–Crippen LogP) is 2.79. The third-order valence-electron chi connectivity index (χ3n) is 0.847. The van der Waals surface area contributed by atoms with Gasteiger partial charge >= 0.3 is 0 Å². The Morgan fingerprint density at radius 2 is 2.00 bits per heavy atom. The van der Waals surface area contributed by atoms with Gasteiger partial charge in [-0.05, 0) is 13.0 Å². The second kappa shape index (κ2) is 5.89. The van der Waals surface area contributed by atoms with Gasteiger partial charge in [-0.3, -0.25) is 0 Å². The van der Waals surface area contributed by atoms with Crippen molar-refractivity contribution in [3.8, 4) is 0 Å². The standard InChI is InChI=1S/C9H12O/c1-4-6-7-8-9(3)10-5-2/h4-8H,1-2H2,3H3/b7-6-,9-8+. The first-order valence-electron chi connectivity index (χ1n) is 3.04. The van der Waals surface area contributed by atoms with E-state index in [0.717, 1.165) is 5.76 Å². The van der Waals surface area contributed by atoms with Crippen LogP contribution in [0.25, 0.3) is 0 Å². The van der Waals surface area contributed by atoms with Crippen molar-refractivity contribution in [2.75, 3.05) is 0 Å². The molecule has 0 spiro atoms. The van der Waals surface area contributed by atoms with Gasteiger partial charge in [-0.15, -0.1) is 0 Å². The molecule has 0 aliphatic rings. The molecule has 0 saturated heterocycles. The Labute approximate surface area is 62.0 Å². The van der Waals surface area contributed by atoms with E-state index in [2.05, 4.69) is 13.2 Å². The Kier molecular flexibility index (Phi) is 5.16. The number of hydrogen-bond donors (Lipinski definition) is 0. The van der Waals surface area contributed by atoms with Crippen molar-refractivity contribution in [1.82, 2.24) is 0 Å². The highest BCUT2D eigenvalue weighted by molar-refractivity contribution is 5.11. The summed E-state index contributed by atoms with van der Waals surface area (Å²) < 4.78 is 4.93. The molecule has 0 aromatic rings. The molecular formula is C9H12O. The van der Waals surface area contributed by atoms with E-state index in [1.807, 2.05) is 25.2 Å². The van der Waals surface area contributed by atoms with Crippen LogP contribution in [0.3, 0.4) is 0 Å². The van der Waals surface area contributed by atoms with E-state index in [4.69, 9.17) is 4.74 Å². The van der Waals surface area contributed by atoms with Crippen molar-refractivity contribution in [3.63, 3.8) is 0 Å². The number of rotatable bonds is 4. The maximum atomic E-state index is 4.93. The first-order valence-corrected chi connectivity index (χ1v) is 3.04. The van der Waals surface area contributed by atoms with Crippen LogP contribution in [0.5, 0.6) is 0 Å². The summed E-state index contributed by atoms with van der Waals surface area (Å²) in [7, 11) is 0. The van der Waals surface area contributed by atoms with Gasteiger partial charge in [0.25, 0.3) is 0 Å². The summed E-state index contributed by atoms with van der Waals surface area (Å²) in [5.74, 6) is 0.813. The Hall–Kier alpha value is -1.24. The second-order valence-corrected chi connectivity index (χ2v) is 1.68. The molecule has 0 heterocycles. The largest absolute Gasteiger partial charge is 0.470 e. The van der Waals surface area contributed by atoms with Gasteiger partial charge in [0.15, 0.2) is 0 Å². The Morgan fingerprint density at radius 1 is 1.30 bits per heavy atom. The van der Waals surface area contributed by atoms with Crippen LogP contribution < -0.4 is 0 Å². The van der Waals surface area contributed by atoms with Gasteiger partial charge in [-0.2, -0.15) is 0 Å². The van der Waals surface area contributed by atoms with Crippen molar-refractivity contribution in [3.05, 3.63) is 49.5 Å². The molecule has 0 amide bonds. The zero-order valence-electron chi connectivity index (χ0n) is 6.21. The summed E-state index contributed by atoms with van der Waals surface area (Å²) in [5, 5.41) is 0. The summed E-state index contributed by atoms with van der Waals surface area (Å²) in [6.45, 7) is 8.80. The molecular weight excluding hydrogens is 124 g/mol. The molecule has 0 unspecified atom stereocenters. The van der Waals surface area contributed by atoms with E-state index in [9.17, 15) is 0 Å². The van der Waals surface area contributed by atoms with Crippen molar-refractivity contribution in [1.29, 1.82) is 0 Å². The minimum atomic E-state index is 0.813. The lowest BCUT2D eigenvalue weighted by Gasteiger charge is -1.94. The fourth-order valence-electron chi connectivity index (χ4n) is 0.440. The van der Waals surface area contributed by atoms with Crippen LogP contribution in [0.1, 0.15) is 6.92 Å². The SMILES string of the molecule is C=C/C=C\C=C(/C)OC=C. The van der Waals surface area contributed by atoms with Crippen molar-refractivity contribution in [2.45, 2.75) is 6.92 Å². The smallest absolute Gasteiger partial charge is 0.100 e. The lowest BCUT2D eigenvalue weighted by molar-refractivity contribution is 0.355. The predicted molar refractivity (Wildman–Crippen MR) is 44.4 cm³/mol. The fourth-order valence-corrected chi connectivity index (χ4v) is 0.440. The molecule has 1 heteroatoms. The van der Waals surface area contributed by atoms with Gasteiger partial charge in [-0.25, -0.2) is 0 Å². The van der Waals surface area contributed by atoms with Crippen LogP contribution in [0.2, 0.25) is 0 Å². The summed E-state index contributed by atoms with van der Waals surface area (Å²) in [5.41, 5.74) is 0. The van der Waals surface area contributed by atoms with E-state index in [0.29, 0.717) is 0 Å². The van der Waals surface area contributed by atoms with Crippen LogP contribution in [0, 0.1) is 0 Å². The molecule has 0 atom stereocenters. The average molecular weight is 136 g/mol. The summed E-state index contributed by atoms with van der Waals surface area (Å²) >= 11 is 0. The highest BCUT2D eigenvalue weighted by atomic mass is 16.5. The topological polar surface area (TPSA) is 9.23 Å². The van der Waals surface area contributed by atoms with Gasteiger partial charge in [0.05, 0.1) is 6.26 Å². The Balaban J connectivity index is 3.77. The van der Waals surface area contributed by atoms with Crippen LogP contribution in [-0.2, 0) is 4.74 Å². The Morgan fingerprint density at radius 3 is 2.50 bits per heavy atom. The first-order chi connectivity index (χ1) is 4.81. The number of allylic oxidation sites excluding steroid dienone is 5. The molecule has 0 N–H and O–H groups in total. The third kappa shape index (κ3) is 4.91. The van der Waals surface area contributed by atoms with Gasteiger partial charge in [0, 0.05) is 0 Å². The number of ether oxygens (including phenoxy) is 1. The highest BCUT2D eigenvalue weighted by Gasteiger charge is 1.78. The average Bonchev–Trinajstić information content (AvgIpc) is 1.89. The minimum Gasteiger partial charge on any atom is -0.470 e. The van der Waals surface area contributed by atoms with E-state index in [1.165, 1.54) is 6.26 Å². The molecule has 0 saturated carbocycles. The van der Waals surface area contributed by atoms with E-state index in [-0.39, 0.29) is 0 Å². The monoisotopic (exact) mass is 136 g/mol. The summed E-state index contributed by atoms with van der Waals surface area (Å²) in [6.07, 6.45) is 8.62. The van der Waals surface area contributed by atoms with Crippen molar-refractivity contribution in [2.24, 2.45) is 0 Å². The molecule has 0 aliphatic carbocycles. The van der Waals surface area contributed by atoms with Crippen LogP contribution in [-0.4, -0.2) is 0 Å². The van der Waals surface area contributed by atoms with Gasteiger partial charge < -0.3 is 4.74 Å². The minimum absolute atomic E-state index is 0.813. The van der Waals surface area contributed by atoms with Crippen molar-refractivity contribution < 1.29 is 4.74 Å². The van der Waals surface area contributed by atoms with E-state index < -0.39 is 0 Å². The molecule has 0 fully saturated rings. The molecule has 0 rings (SSSR count). The van der Waals surface area contributed by atoms with Gasteiger partial charge in [0.2, 0.25) is 0 Å². The van der Waals surface area contributed by atoms with E-state index >= 15 is 0 Å². The van der Waals surface area contributed by atoms with Crippen LogP contribution >= 0.6 is 0 Å². The number of hydrogen-bond acceptors (Lipinski definition) is 1. The third-order valence-corrected chi connectivity index (χ3v) is 0.847. The second-order valence-electron chi connectivity index (χ2n) is 1.68. The normalized spacial score (nSPS) is 11.5. The molecule has 0 aromatic heterocycles. The van der Waals surface area contributed by atoms with Crippen LogP contribution in [0.15, 0.2) is 49.5 Å². The fraction of sp³-hybridized carbons (Fsp3) is 0.111. The van der Waals surface area contributed by atoms with Gasteiger partial charge in [-0.1, -0.05) is 31.4 Å². The lowest BCUT2D eigenvalue weighted by Crippen LogP contribution is -1.73. The quantitative estimate of drug-likeness (QED) is 0.426. The first kappa shape index (κ1) is 8.76. The highest BCUT2D eigenvalue weighted by Crippen LogP contribution is 1.94. The van der Waals surface area contributed by atoms with E-state index in [1.54, 1.807) is 6.08 Å². The molecule has 54 valence electrons. The molecule has 0 radical (unpaired) electrons. The molecule has 10 heavy (non-hydrogen) atoms. The zero-order valence-corrected chi connectivity index (χ0v) is 6.21. The molecule has 1 nitrogen and oxygen atoms in total. The zero-order chi connectivity index (χ0) is 7.82. The lowest BCUT2D eigenvalue weighted by atomic mass is 10.4. The molecule has 0 aromatic carbocycles. The summed E-state index contributed by atoms with van der Waals surface area (Å²) in [6, 6.07) is 0. The van der Waals surface area contributed by atoms with Crippen LogP contribution in [0.4, 0.5) is 0 Å². The summed E-state index contributed by atoms with van der Waals surface area (Å²) in [4.78, 5) is 0.